The molecule has 140 valence electrons. The molecule has 1 atom stereocenters. The Labute approximate surface area is 162 Å². The van der Waals surface area contributed by atoms with Gasteiger partial charge in [0.25, 0.3) is 0 Å². The zero-order valence-electron chi connectivity index (χ0n) is 15.9. The minimum Gasteiger partial charge on any atom is -0.373 e. The standard InChI is InChI=1S/C24H28N2O/c27-24(22-12-10-21(11-13-22)20-7-2-1-3-8-20)14-18-26-17-6-9-23(26)19-25-15-4-5-16-25/h1-3,7-8,10-14,18,23H,4-6,9,15-17,19H2/b18-14+/t23-/m0/s1. The van der Waals surface area contributed by atoms with Crippen molar-refractivity contribution in [1.29, 1.82) is 0 Å². The largest absolute Gasteiger partial charge is 0.373 e. The van der Waals surface area contributed by atoms with E-state index in [0.717, 1.165) is 24.2 Å². The van der Waals surface area contributed by atoms with E-state index in [-0.39, 0.29) is 5.78 Å². The van der Waals surface area contributed by atoms with Crippen LogP contribution < -0.4 is 0 Å². The van der Waals surface area contributed by atoms with E-state index in [2.05, 4.69) is 21.9 Å². The lowest BCUT2D eigenvalue weighted by Gasteiger charge is -2.27. The van der Waals surface area contributed by atoms with Crippen molar-refractivity contribution in [1.82, 2.24) is 9.80 Å². The highest BCUT2D eigenvalue weighted by atomic mass is 16.1. The van der Waals surface area contributed by atoms with Gasteiger partial charge in [0, 0.05) is 37.0 Å². The molecule has 0 spiro atoms. The van der Waals surface area contributed by atoms with Crippen LogP contribution in [-0.4, -0.2) is 47.8 Å². The van der Waals surface area contributed by atoms with Crippen molar-refractivity contribution in [3.63, 3.8) is 0 Å². The van der Waals surface area contributed by atoms with Gasteiger partial charge in [0.15, 0.2) is 5.78 Å². The van der Waals surface area contributed by atoms with E-state index >= 15 is 0 Å². The van der Waals surface area contributed by atoms with Crippen molar-refractivity contribution in [2.45, 2.75) is 31.7 Å². The Bertz CT molecular complexity index is 776. The van der Waals surface area contributed by atoms with Crippen LogP contribution in [0.1, 0.15) is 36.0 Å². The number of hydrogen-bond donors (Lipinski definition) is 0. The summed E-state index contributed by atoms with van der Waals surface area (Å²) in [7, 11) is 0. The molecule has 3 heteroatoms. The van der Waals surface area contributed by atoms with Crippen molar-refractivity contribution in [3.05, 3.63) is 72.4 Å². The molecule has 2 aliphatic heterocycles. The van der Waals surface area contributed by atoms with Gasteiger partial charge in [0.1, 0.15) is 0 Å². The van der Waals surface area contributed by atoms with E-state index in [1.54, 1.807) is 6.08 Å². The lowest BCUT2D eigenvalue weighted by molar-refractivity contribution is 0.104. The van der Waals surface area contributed by atoms with Gasteiger partial charge >= 0.3 is 0 Å². The Kier molecular flexibility index (Phi) is 5.69. The molecule has 2 aromatic rings. The number of hydrogen-bond acceptors (Lipinski definition) is 3. The number of carbonyl (C=O) groups is 1. The monoisotopic (exact) mass is 360 g/mol. The Hall–Kier alpha value is -2.39. The third kappa shape index (κ3) is 4.48. The Morgan fingerprint density at radius 3 is 2.33 bits per heavy atom. The lowest BCUT2D eigenvalue weighted by Crippen LogP contribution is -2.36. The summed E-state index contributed by atoms with van der Waals surface area (Å²) in [6.07, 6.45) is 8.91. The van der Waals surface area contributed by atoms with E-state index in [1.165, 1.54) is 44.3 Å². The number of ketones is 1. The quantitative estimate of drug-likeness (QED) is 0.555. The fraction of sp³-hybridized carbons (Fsp3) is 0.375. The molecule has 2 aromatic carbocycles. The number of rotatable bonds is 6. The van der Waals surface area contributed by atoms with Crippen molar-refractivity contribution < 1.29 is 4.79 Å². The topological polar surface area (TPSA) is 23.6 Å². The SMILES string of the molecule is O=C(/C=C/N1CCC[C@H]1CN1CCCC1)c1ccc(-c2ccccc2)cc1. The average molecular weight is 361 g/mol. The predicted molar refractivity (Wildman–Crippen MR) is 111 cm³/mol. The smallest absolute Gasteiger partial charge is 0.187 e. The third-order valence-electron chi connectivity index (χ3n) is 5.78. The minimum atomic E-state index is 0.0847. The molecule has 0 amide bonds. The van der Waals surface area contributed by atoms with E-state index < -0.39 is 0 Å². The number of carbonyl (C=O) groups excluding carboxylic acids is 1. The molecule has 2 aliphatic rings. The highest BCUT2D eigenvalue weighted by molar-refractivity contribution is 6.04. The molecule has 0 bridgehead atoms. The number of allylic oxidation sites excluding steroid dienone is 1. The van der Waals surface area contributed by atoms with Gasteiger partial charge in [-0.1, -0.05) is 54.6 Å². The molecular formula is C24H28N2O. The van der Waals surface area contributed by atoms with Crippen LogP contribution in [0.2, 0.25) is 0 Å². The maximum Gasteiger partial charge on any atom is 0.187 e. The van der Waals surface area contributed by atoms with E-state index in [9.17, 15) is 4.79 Å². The summed E-state index contributed by atoms with van der Waals surface area (Å²) in [6.45, 7) is 4.68. The van der Waals surface area contributed by atoms with Crippen molar-refractivity contribution in [2.75, 3.05) is 26.2 Å². The van der Waals surface area contributed by atoms with Crippen molar-refractivity contribution in [2.24, 2.45) is 0 Å². The second kappa shape index (κ2) is 8.53. The highest BCUT2D eigenvalue weighted by Crippen LogP contribution is 2.22. The van der Waals surface area contributed by atoms with Crippen LogP contribution in [0, 0.1) is 0 Å². The molecule has 3 nitrogen and oxygen atoms in total. The summed E-state index contributed by atoms with van der Waals surface area (Å²) >= 11 is 0. The van der Waals surface area contributed by atoms with Crippen LogP contribution in [-0.2, 0) is 0 Å². The highest BCUT2D eigenvalue weighted by Gasteiger charge is 2.25. The number of likely N-dealkylation sites (tertiary alicyclic amines) is 2. The van der Waals surface area contributed by atoms with Gasteiger partial charge in [0.2, 0.25) is 0 Å². The zero-order chi connectivity index (χ0) is 18.5. The average Bonchev–Trinajstić information content (AvgIpc) is 3.39. The Morgan fingerprint density at radius 2 is 1.59 bits per heavy atom. The number of benzene rings is 2. The van der Waals surface area contributed by atoms with Crippen LogP contribution in [0.25, 0.3) is 11.1 Å². The molecule has 2 saturated heterocycles. The molecule has 4 rings (SSSR count). The first-order chi connectivity index (χ1) is 13.3. The molecule has 2 fully saturated rings. The van der Waals surface area contributed by atoms with Gasteiger partial charge < -0.3 is 9.80 Å². The van der Waals surface area contributed by atoms with E-state index in [4.69, 9.17) is 0 Å². The molecule has 27 heavy (non-hydrogen) atoms. The molecule has 2 heterocycles. The lowest BCUT2D eigenvalue weighted by atomic mass is 10.0. The van der Waals surface area contributed by atoms with Crippen LogP contribution in [0.4, 0.5) is 0 Å². The van der Waals surface area contributed by atoms with Gasteiger partial charge in [-0.15, -0.1) is 0 Å². The number of nitrogens with zero attached hydrogens (tertiary/aromatic N) is 2. The van der Waals surface area contributed by atoms with Crippen LogP contribution in [0.3, 0.4) is 0 Å². The molecule has 0 unspecified atom stereocenters. The fourth-order valence-electron chi connectivity index (χ4n) is 4.23. The van der Waals surface area contributed by atoms with Crippen LogP contribution in [0.15, 0.2) is 66.9 Å². The van der Waals surface area contributed by atoms with Gasteiger partial charge in [-0.2, -0.15) is 0 Å². The minimum absolute atomic E-state index is 0.0847. The van der Waals surface area contributed by atoms with Gasteiger partial charge in [-0.25, -0.2) is 0 Å². The third-order valence-corrected chi connectivity index (χ3v) is 5.78. The molecule has 0 aromatic heterocycles. The molecule has 0 saturated carbocycles. The fourth-order valence-corrected chi connectivity index (χ4v) is 4.23. The van der Waals surface area contributed by atoms with E-state index in [1.807, 2.05) is 48.7 Å². The maximum atomic E-state index is 12.6. The summed E-state index contributed by atoms with van der Waals surface area (Å²) in [4.78, 5) is 17.5. The summed E-state index contributed by atoms with van der Waals surface area (Å²) in [5.74, 6) is 0.0847. The first-order valence-corrected chi connectivity index (χ1v) is 10.2. The van der Waals surface area contributed by atoms with Crippen molar-refractivity contribution in [3.8, 4) is 11.1 Å². The predicted octanol–water partition coefficient (Wildman–Crippen LogP) is 4.61. The maximum absolute atomic E-state index is 12.6. The summed E-state index contributed by atoms with van der Waals surface area (Å²) in [6, 6.07) is 18.7. The second-order valence-electron chi connectivity index (χ2n) is 7.66. The Balaban J connectivity index is 1.37. The molecule has 0 radical (unpaired) electrons. The molecule has 0 N–H and O–H groups in total. The summed E-state index contributed by atoms with van der Waals surface area (Å²) in [5, 5.41) is 0. The van der Waals surface area contributed by atoms with Gasteiger partial charge in [-0.3, -0.25) is 4.79 Å². The van der Waals surface area contributed by atoms with E-state index in [0.29, 0.717) is 6.04 Å². The first-order valence-electron chi connectivity index (χ1n) is 10.2. The summed E-state index contributed by atoms with van der Waals surface area (Å²) in [5.41, 5.74) is 3.07. The van der Waals surface area contributed by atoms with Crippen molar-refractivity contribution >= 4 is 5.78 Å². The zero-order valence-corrected chi connectivity index (χ0v) is 15.9. The molecule has 0 aliphatic carbocycles. The van der Waals surface area contributed by atoms with Crippen LogP contribution >= 0.6 is 0 Å². The second-order valence-corrected chi connectivity index (χ2v) is 7.66. The van der Waals surface area contributed by atoms with Crippen LogP contribution in [0.5, 0.6) is 0 Å². The Morgan fingerprint density at radius 1 is 0.889 bits per heavy atom. The van der Waals surface area contributed by atoms with Gasteiger partial charge in [-0.05, 0) is 49.9 Å². The normalized spacial score (nSPS) is 20.6. The van der Waals surface area contributed by atoms with Gasteiger partial charge in [0.05, 0.1) is 0 Å². The first kappa shape index (κ1) is 18.0. The molecular weight excluding hydrogens is 332 g/mol. The summed E-state index contributed by atoms with van der Waals surface area (Å²) < 4.78 is 0.